The van der Waals surface area contributed by atoms with Crippen molar-refractivity contribution in [3.63, 3.8) is 0 Å². The number of Topliss-reactive ketones (excluding diaryl/α,β-unsaturated/α-hetero) is 1. The number of nitrogens with zero attached hydrogens (tertiary/aromatic N) is 2. The Balaban J connectivity index is 1.76. The smallest absolute Gasteiger partial charge is 0.370 e. The van der Waals surface area contributed by atoms with E-state index in [1.165, 1.54) is 6.07 Å². The van der Waals surface area contributed by atoms with Crippen LogP contribution in [-0.2, 0) is 17.4 Å². The van der Waals surface area contributed by atoms with Gasteiger partial charge in [-0.3, -0.25) is 4.79 Å². The molecule has 2 aromatic carbocycles. The second-order valence-corrected chi connectivity index (χ2v) is 8.58. The fourth-order valence-electron chi connectivity index (χ4n) is 4.08. The molecule has 1 aliphatic rings. The number of benzene rings is 2. The van der Waals surface area contributed by atoms with Crippen molar-refractivity contribution >= 4 is 22.4 Å². The van der Waals surface area contributed by atoms with Crippen molar-refractivity contribution in [2.75, 3.05) is 18.0 Å². The highest BCUT2D eigenvalue weighted by molar-refractivity contribution is 5.87. The number of hydrogen-bond acceptors (Lipinski definition) is 2. The lowest BCUT2D eigenvalue weighted by Crippen LogP contribution is -2.49. The molecule has 0 atom stereocenters. The fraction of sp³-hybridized carbons (Fsp3) is 0.375. The van der Waals surface area contributed by atoms with Crippen LogP contribution in [0, 0.1) is 11.8 Å². The average Bonchev–Trinajstić information content (AvgIpc) is 2.97. The highest BCUT2D eigenvalue weighted by atomic mass is 19.4. The van der Waals surface area contributed by atoms with Crippen LogP contribution >= 0.6 is 0 Å². The first-order chi connectivity index (χ1) is 14.1. The number of carbonyl (C=O) groups excluding carboxylic acids is 1. The van der Waals surface area contributed by atoms with Gasteiger partial charge in [-0.1, -0.05) is 19.9 Å². The molecule has 30 heavy (non-hydrogen) atoms. The minimum absolute atomic E-state index is 0.0829. The van der Waals surface area contributed by atoms with Gasteiger partial charge in [0, 0.05) is 36.0 Å². The molecule has 1 aromatic heterocycles. The van der Waals surface area contributed by atoms with Crippen LogP contribution in [0.5, 0.6) is 0 Å². The zero-order valence-corrected chi connectivity index (χ0v) is 17.3. The number of halogens is 3. The molecular weight excluding hydrogens is 389 g/mol. The molecule has 0 spiro atoms. The van der Waals surface area contributed by atoms with E-state index in [0.29, 0.717) is 30.8 Å². The largest absolute Gasteiger partial charge is 0.416 e. The summed E-state index contributed by atoms with van der Waals surface area (Å²) in [5, 5.41) is 0.643. The van der Waals surface area contributed by atoms with Gasteiger partial charge in [0.1, 0.15) is 5.78 Å². The van der Waals surface area contributed by atoms with Gasteiger partial charge in [-0.05, 0) is 61.2 Å². The Hall–Kier alpha value is -2.76. The first-order valence-electron chi connectivity index (χ1n) is 10.2. The molecule has 1 aliphatic heterocycles. The summed E-state index contributed by atoms with van der Waals surface area (Å²) in [5.41, 5.74) is 2.98. The Morgan fingerprint density at radius 1 is 1.10 bits per heavy atom. The maximum atomic E-state index is 13.3. The SMILES string of the molecule is CC(=O)C1CN(c2cccc(-n3cc(CC(C)C)c4cc(C(F)(F)F)ccc43)c2)C1. The number of rotatable bonds is 5. The lowest BCUT2D eigenvalue weighted by atomic mass is 9.95. The van der Waals surface area contributed by atoms with Crippen LogP contribution in [0.4, 0.5) is 18.9 Å². The summed E-state index contributed by atoms with van der Waals surface area (Å²) in [6, 6.07) is 11.9. The van der Waals surface area contributed by atoms with Crippen molar-refractivity contribution in [3.8, 4) is 5.69 Å². The summed E-state index contributed by atoms with van der Waals surface area (Å²) in [6.07, 6.45) is -1.70. The van der Waals surface area contributed by atoms with E-state index >= 15 is 0 Å². The summed E-state index contributed by atoms with van der Waals surface area (Å²) in [4.78, 5) is 13.7. The molecule has 3 aromatic rings. The molecule has 2 heterocycles. The van der Waals surface area contributed by atoms with E-state index in [1.807, 2.05) is 35.0 Å². The monoisotopic (exact) mass is 414 g/mol. The zero-order chi connectivity index (χ0) is 21.6. The molecular formula is C24H25F3N2O. The van der Waals surface area contributed by atoms with E-state index in [2.05, 4.69) is 18.7 Å². The lowest BCUT2D eigenvalue weighted by Gasteiger charge is -2.39. The Bertz CT molecular complexity index is 1090. The van der Waals surface area contributed by atoms with Gasteiger partial charge in [0.05, 0.1) is 17.0 Å². The van der Waals surface area contributed by atoms with E-state index in [1.54, 1.807) is 13.0 Å². The Morgan fingerprint density at radius 3 is 2.43 bits per heavy atom. The Kier molecular flexibility index (Phi) is 5.12. The molecule has 4 rings (SSSR count). The molecule has 6 heteroatoms. The highest BCUT2D eigenvalue weighted by Crippen LogP contribution is 2.35. The minimum atomic E-state index is -4.37. The fourth-order valence-corrected chi connectivity index (χ4v) is 4.08. The zero-order valence-electron chi connectivity index (χ0n) is 17.3. The summed E-state index contributed by atoms with van der Waals surface area (Å²) in [7, 11) is 0. The van der Waals surface area contributed by atoms with Crippen molar-refractivity contribution in [2.24, 2.45) is 11.8 Å². The van der Waals surface area contributed by atoms with E-state index in [-0.39, 0.29) is 11.7 Å². The molecule has 0 saturated carbocycles. The molecule has 0 radical (unpaired) electrons. The van der Waals surface area contributed by atoms with E-state index < -0.39 is 11.7 Å². The summed E-state index contributed by atoms with van der Waals surface area (Å²) < 4.78 is 41.8. The van der Waals surface area contributed by atoms with Crippen LogP contribution in [0.2, 0.25) is 0 Å². The third-order valence-electron chi connectivity index (χ3n) is 5.77. The van der Waals surface area contributed by atoms with Crippen LogP contribution in [0.3, 0.4) is 0 Å². The molecule has 0 aliphatic carbocycles. The molecule has 1 saturated heterocycles. The number of alkyl halides is 3. The summed E-state index contributed by atoms with van der Waals surface area (Å²) in [6.45, 7) is 7.16. The van der Waals surface area contributed by atoms with Gasteiger partial charge in [0.2, 0.25) is 0 Å². The number of anilines is 1. The summed E-state index contributed by atoms with van der Waals surface area (Å²) >= 11 is 0. The summed E-state index contributed by atoms with van der Waals surface area (Å²) in [5.74, 6) is 0.617. The Morgan fingerprint density at radius 2 is 1.80 bits per heavy atom. The highest BCUT2D eigenvalue weighted by Gasteiger charge is 2.32. The molecule has 1 fully saturated rings. The Labute approximate surface area is 174 Å². The third kappa shape index (κ3) is 3.83. The van der Waals surface area contributed by atoms with Gasteiger partial charge in [0.25, 0.3) is 0 Å². The topological polar surface area (TPSA) is 25.2 Å². The average molecular weight is 414 g/mol. The number of hydrogen-bond donors (Lipinski definition) is 0. The van der Waals surface area contributed by atoms with Crippen LogP contribution in [0.1, 0.15) is 31.9 Å². The second kappa shape index (κ2) is 7.49. The van der Waals surface area contributed by atoms with Crippen LogP contribution < -0.4 is 4.90 Å². The second-order valence-electron chi connectivity index (χ2n) is 8.58. The first-order valence-corrected chi connectivity index (χ1v) is 10.2. The first kappa shape index (κ1) is 20.5. The predicted molar refractivity (Wildman–Crippen MR) is 113 cm³/mol. The van der Waals surface area contributed by atoms with Gasteiger partial charge < -0.3 is 9.47 Å². The molecule has 0 N–H and O–H groups in total. The predicted octanol–water partition coefficient (Wildman–Crippen LogP) is 5.87. The van der Waals surface area contributed by atoms with E-state index in [4.69, 9.17) is 0 Å². The molecule has 0 unspecified atom stereocenters. The van der Waals surface area contributed by atoms with Crippen LogP contribution in [-0.4, -0.2) is 23.4 Å². The molecule has 0 bridgehead atoms. The molecule has 0 amide bonds. The van der Waals surface area contributed by atoms with Gasteiger partial charge in [0.15, 0.2) is 0 Å². The number of carbonyl (C=O) groups is 1. The van der Waals surface area contributed by atoms with Crippen LogP contribution in [0.25, 0.3) is 16.6 Å². The maximum absolute atomic E-state index is 13.3. The van der Waals surface area contributed by atoms with E-state index in [9.17, 15) is 18.0 Å². The van der Waals surface area contributed by atoms with Crippen molar-refractivity contribution in [2.45, 2.75) is 33.4 Å². The van der Waals surface area contributed by atoms with Crippen molar-refractivity contribution in [3.05, 3.63) is 59.8 Å². The minimum Gasteiger partial charge on any atom is -0.370 e. The number of fused-ring (bicyclic) bond motifs is 1. The van der Waals surface area contributed by atoms with Gasteiger partial charge in [-0.15, -0.1) is 0 Å². The molecule has 3 nitrogen and oxygen atoms in total. The number of ketones is 1. The van der Waals surface area contributed by atoms with Gasteiger partial charge in [-0.25, -0.2) is 0 Å². The third-order valence-corrected chi connectivity index (χ3v) is 5.77. The van der Waals surface area contributed by atoms with E-state index in [0.717, 1.165) is 28.5 Å². The van der Waals surface area contributed by atoms with Gasteiger partial charge >= 0.3 is 6.18 Å². The quantitative estimate of drug-likeness (QED) is 0.521. The standard InChI is InChI=1S/C24H25F3N2O/c1-15(2)9-17-14-29(23-8-7-19(10-22(17)23)24(25,26)27)21-6-4-5-20(11-21)28-12-18(13-28)16(3)30/h4-8,10-11,14-15,18H,9,12-13H2,1-3H3. The maximum Gasteiger partial charge on any atom is 0.416 e. The lowest BCUT2D eigenvalue weighted by molar-refractivity contribution is -0.137. The normalized spacial score (nSPS) is 15.1. The van der Waals surface area contributed by atoms with Crippen molar-refractivity contribution in [1.82, 2.24) is 4.57 Å². The number of aromatic nitrogens is 1. The van der Waals surface area contributed by atoms with Crippen molar-refractivity contribution < 1.29 is 18.0 Å². The molecule has 158 valence electrons. The van der Waals surface area contributed by atoms with Crippen LogP contribution in [0.15, 0.2) is 48.7 Å². The van der Waals surface area contributed by atoms with Gasteiger partial charge in [-0.2, -0.15) is 13.2 Å². The van der Waals surface area contributed by atoms with Crippen molar-refractivity contribution in [1.29, 1.82) is 0 Å².